The molecule has 0 radical (unpaired) electrons. The smallest absolute Gasteiger partial charge is 0.162 e. The van der Waals surface area contributed by atoms with E-state index in [0.29, 0.717) is 12.3 Å². The molecule has 1 atom stereocenters. The summed E-state index contributed by atoms with van der Waals surface area (Å²) in [6.07, 6.45) is 2.94. The maximum atomic E-state index is 11.9. The minimum atomic E-state index is 0.288. The molecule has 1 saturated heterocycles. The molecule has 16 heavy (non-hydrogen) atoms. The third kappa shape index (κ3) is 2.92. The quantitative estimate of drug-likeness (QED) is 0.785. The second-order valence-electron chi connectivity index (χ2n) is 4.69. The normalized spacial score (nSPS) is 19.9. The number of benzene rings is 1. The van der Waals surface area contributed by atoms with Crippen LogP contribution in [0.2, 0.25) is 0 Å². The fraction of sp³-hybridized carbons (Fsp3) is 0.500. The highest BCUT2D eigenvalue weighted by atomic mass is 16.1. The van der Waals surface area contributed by atoms with Crippen LogP contribution in [0.1, 0.15) is 35.2 Å². The fourth-order valence-corrected chi connectivity index (χ4v) is 2.26. The van der Waals surface area contributed by atoms with E-state index >= 15 is 0 Å². The van der Waals surface area contributed by atoms with Gasteiger partial charge in [-0.3, -0.25) is 4.79 Å². The highest BCUT2D eigenvalue weighted by molar-refractivity contribution is 5.96. The largest absolute Gasteiger partial charge is 0.316 e. The molecule has 2 heteroatoms. The lowest BCUT2D eigenvalue weighted by Gasteiger charge is -2.07. The van der Waals surface area contributed by atoms with Crippen LogP contribution in [-0.4, -0.2) is 18.9 Å². The van der Waals surface area contributed by atoms with Crippen molar-refractivity contribution in [3.05, 3.63) is 35.4 Å². The zero-order chi connectivity index (χ0) is 11.4. The first-order valence-corrected chi connectivity index (χ1v) is 6.06. The van der Waals surface area contributed by atoms with E-state index in [1.54, 1.807) is 0 Å². The Kier molecular flexibility index (Phi) is 3.73. The van der Waals surface area contributed by atoms with Gasteiger partial charge in [-0.05, 0) is 44.8 Å². The standard InChI is InChI=1S/C14H19NO/c1-11-3-2-4-13(9-11)14(16)6-5-12-7-8-15-10-12/h2-4,9,12,15H,5-8,10H2,1H3. The summed E-state index contributed by atoms with van der Waals surface area (Å²) in [4.78, 5) is 11.9. The highest BCUT2D eigenvalue weighted by Crippen LogP contribution is 2.16. The van der Waals surface area contributed by atoms with Crippen LogP contribution in [0.25, 0.3) is 0 Å². The first-order chi connectivity index (χ1) is 7.75. The van der Waals surface area contributed by atoms with E-state index < -0.39 is 0 Å². The van der Waals surface area contributed by atoms with Gasteiger partial charge in [0, 0.05) is 12.0 Å². The Labute approximate surface area is 97.1 Å². The lowest BCUT2D eigenvalue weighted by Crippen LogP contribution is -2.10. The fourth-order valence-electron chi connectivity index (χ4n) is 2.26. The van der Waals surface area contributed by atoms with Gasteiger partial charge in [-0.25, -0.2) is 0 Å². The average molecular weight is 217 g/mol. The topological polar surface area (TPSA) is 29.1 Å². The number of Topliss-reactive ketones (excluding diaryl/α,β-unsaturated/α-hetero) is 1. The van der Waals surface area contributed by atoms with Crippen molar-refractivity contribution in [2.75, 3.05) is 13.1 Å². The zero-order valence-corrected chi connectivity index (χ0v) is 9.83. The van der Waals surface area contributed by atoms with Crippen LogP contribution in [0.15, 0.2) is 24.3 Å². The number of nitrogens with one attached hydrogen (secondary N) is 1. The van der Waals surface area contributed by atoms with Gasteiger partial charge < -0.3 is 5.32 Å². The number of hydrogen-bond donors (Lipinski definition) is 1. The van der Waals surface area contributed by atoms with Gasteiger partial charge >= 0.3 is 0 Å². The van der Waals surface area contributed by atoms with Crippen molar-refractivity contribution in [3.63, 3.8) is 0 Å². The van der Waals surface area contributed by atoms with Gasteiger partial charge in [0.05, 0.1) is 0 Å². The molecule has 2 rings (SSSR count). The molecule has 2 nitrogen and oxygen atoms in total. The summed E-state index contributed by atoms with van der Waals surface area (Å²) in [6, 6.07) is 7.88. The van der Waals surface area contributed by atoms with Crippen LogP contribution in [-0.2, 0) is 0 Å². The molecule has 1 N–H and O–H groups in total. The number of ketones is 1. The van der Waals surface area contributed by atoms with Gasteiger partial charge in [-0.2, -0.15) is 0 Å². The van der Waals surface area contributed by atoms with Gasteiger partial charge in [0.15, 0.2) is 5.78 Å². The van der Waals surface area contributed by atoms with Crippen molar-refractivity contribution in [1.82, 2.24) is 5.32 Å². The van der Waals surface area contributed by atoms with Crippen LogP contribution in [0.4, 0.5) is 0 Å². The van der Waals surface area contributed by atoms with Gasteiger partial charge in [0.2, 0.25) is 0 Å². The molecule has 0 amide bonds. The molecule has 1 aliphatic heterocycles. The number of carbonyl (C=O) groups excluding carboxylic acids is 1. The van der Waals surface area contributed by atoms with Crippen LogP contribution >= 0.6 is 0 Å². The summed E-state index contributed by atoms with van der Waals surface area (Å²) < 4.78 is 0. The van der Waals surface area contributed by atoms with Crippen molar-refractivity contribution < 1.29 is 4.79 Å². The van der Waals surface area contributed by atoms with Crippen molar-refractivity contribution in [3.8, 4) is 0 Å². The second-order valence-corrected chi connectivity index (χ2v) is 4.69. The molecule has 0 aliphatic carbocycles. The summed E-state index contributed by atoms with van der Waals surface area (Å²) in [5.41, 5.74) is 2.03. The predicted molar refractivity (Wildman–Crippen MR) is 65.7 cm³/mol. The van der Waals surface area contributed by atoms with E-state index in [4.69, 9.17) is 0 Å². The van der Waals surface area contributed by atoms with Crippen LogP contribution in [0.3, 0.4) is 0 Å². The van der Waals surface area contributed by atoms with E-state index in [0.717, 1.165) is 30.6 Å². The molecule has 1 aliphatic rings. The minimum absolute atomic E-state index is 0.288. The minimum Gasteiger partial charge on any atom is -0.316 e. The Bertz CT molecular complexity index is 367. The number of hydrogen-bond acceptors (Lipinski definition) is 2. The number of aryl methyl sites for hydroxylation is 1. The van der Waals surface area contributed by atoms with Crippen molar-refractivity contribution in [2.45, 2.75) is 26.2 Å². The predicted octanol–water partition coefficient (Wildman–Crippen LogP) is 2.57. The molecule has 1 heterocycles. The number of rotatable bonds is 4. The lowest BCUT2D eigenvalue weighted by atomic mass is 9.97. The van der Waals surface area contributed by atoms with Gasteiger partial charge in [-0.1, -0.05) is 23.8 Å². The summed E-state index contributed by atoms with van der Waals surface area (Å²) in [7, 11) is 0. The first-order valence-electron chi connectivity index (χ1n) is 6.06. The maximum absolute atomic E-state index is 11.9. The third-order valence-electron chi connectivity index (χ3n) is 3.28. The summed E-state index contributed by atoms with van der Waals surface area (Å²) in [6.45, 7) is 4.22. The maximum Gasteiger partial charge on any atom is 0.162 e. The third-order valence-corrected chi connectivity index (χ3v) is 3.28. The Morgan fingerprint density at radius 3 is 3.06 bits per heavy atom. The Morgan fingerprint density at radius 2 is 2.38 bits per heavy atom. The van der Waals surface area contributed by atoms with Crippen LogP contribution in [0.5, 0.6) is 0 Å². The molecule has 1 aromatic rings. The summed E-state index contributed by atoms with van der Waals surface area (Å²) in [5.74, 6) is 0.990. The Hall–Kier alpha value is -1.15. The highest BCUT2D eigenvalue weighted by Gasteiger charge is 2.16. The Morgan fingerprint density at radius 1 is 1.50 bits per heavy atom. The molecule has 0 saturated carbocycles. The summed E-state index contributed by atoms with van der Waals surface area (Å²) >= 11 is 0. The SMILES string of the molecule is Cc1cccc(C(=O)CCC2CCNC2)c1. The summed E-state index contributed by atoms with van der Waals surface area (Å²) in [5, 5.41) is 3.33. The van der Waals surface area contributed by atoms with E-state index in [9.17, 15) is 4.79 Å². The monoisotopic (exact) mass is 217 g/mol. The average Bonchev–Trinajstić information content (AvgIpc) is 2.78. The van der Waals surface area contributed by atoms with E-state index in [2.05, 4.69) is 5.32 Å². The number of carbonyl (C=O) groups is 1. The van der Waals surface area contributed by atoms with Crippen LogP contribution in [0, 0.1) is 12.8 Å². The molecular formula is C14H19NO. The molecule has 1 unspecified atom stereocenters. The van der Waals surface area contributed by atoms with Crippen molar-refractivity contribution in [1.29, 1.82) is 0 Å². The molecular weight excluding hydrogens is 198 g/mol. The van der Waals surface area contributed by atoms with Crippen molar-refractivity contribution in [2.24, 2.45) is 5.92 Å². The molecule has 1 aromatic carbocycles. The lowest BCUT2D eigenvalue weighted by molar-refractivity contribution is 0.0974. The van der Waals surface area contributed by atoms with Gasteiger partial charge in [-0.15, -0.1) is 0 Å². The second kappa shape index (κ2) is 5.26. The first kappa shape index (κ1) is 11.3. The molecule has 0 bridgehead atoms. The zero-order valence-electron chi connectivity index (χ0n) is 9.83. The molecule has 86 valence electrons. The molecule has 1 fully saturated rings. The van der Waals surface area contributed by atoms with E-state index in [-0.39, 0.29) is 5.78 Å². The van der Waals surface area contributed by atoms with Crippen molar-refractivity contribution >= 4 is 5.78 Å². The Balaban J connectivity index is 1.87. The van der Waals surface area contributed by atoms with E-state index in [1.165, 1.54) is 6.42 Å². The molecule has 0 aromatic heterocycles. The van der Waals surface area contributed by atoms with Gasteiger partial charge in [0.25, 0.3) is 0 Å². The van der Waals surface area contributed by atoms with Crippen LogP contribution < -0.4 is 5.32 Å². The van der Waals surface area contributed by atoms with Gasteiger partial charge in [0.1, 0.15) is 0 Å². The van der Waals surface area contributed by atoms with E-state index in [1.807, 2.05) is 31.2 Å². The molecule has 0 spiro atoms.